The molecule has 1 amide bonds. The summed E-state index contributed by atoms with van der Waals surface area (Å²) < 4.78 is 0. The van der Waals surface area contributed by atoms with E-state index < -0.39 is 5.97 Å². The number of carbonyl (C=O) groups is 2. The Balaban J connectivity index is 1.39. The third-order valence-corrected chi connectivity index (χ3v) is 10.2. The first kappa shape index (κ1) is 22.1. The highest BCUT2D eigenvalue weighted by atomic mass is 16.4. The van der Waals surface area contributed by atoms with Crippen molar-refractivity contribution in [3.05, 3.63) is 0 Å². The van der Waals surface area contributed by atoms with E-state index in [9.17, 15) is 14.7 Å². The fourth-order valence-electron chi connectivity index (χ4n) is 8.61. The maximum absolute atomic E-state index is 11.9. The number of hydrogen-bond donors (Lipinski definition) is 3. The minimum Gasteiger partial charge on any atom is -0.480 e. The molecule has 4 saturated carbocycles. The molecule has 4 aliphatic carbocycles. The van der Waals surface area contributed by atoms with Crippen LogP contribution in [-0.2, 0) is 9.59 Å². The van der Waals surface area contributed by atoms with Crippen molar-refractivity contribution in [1.29, 1.82) is 0 Å². The van der Waals surface area contributed by atoms with Crippen molar-refractivity contribution in [2.24, 2.45) is 40.4 Å². The SMILES string of the molecule is C[C@]12CCCCC1C[C@H](O)C1C2CC[C@@]2(C)C1CC[C@@H]2CCCC(=O)NCC(=O)O. The van der Waals surface area contributed by atoms with E-state index in [1.54, 1.807) is 0 Å². The van der Waals surface area contributed by atoms with Gasteiger partial charge in [-0.25, -0.2) is 0 Å². The van der Waals surface area contributed by atoms with Gasteiger partial charge in [0, 0.05) is 6.42 Å². The average molecular weight is 420 g/mol. The minimum absolute atomic E-state index is 0.128. The number of aliphatic carboxylic acids is 1. The summed E-state index contributed by atoms with van der Waals surface area (Å²) in [5, 5.41) is 22.4. The fraction of sp³-hybridized carbons (Fsp3) is 0.920. The van der Waals surface area contributed by atoms with E-state index in [4.69, 9.17) is 5.11 Å². The molecule has 30 heavy (non-hydrogen) atoms. The summed E-state index contributed by atoms with van der Waals surface area (Å²) >= 11 is 0. The van der Waals surface area contributed by atoms with Gasteiger partial charge in [0.25, 0.3) is 0 Å². The van der Waals surface area contributed by atoms with Crippen molar-refractivity contribution in [2.75, 3.05) is 6.54 Å². The van der Waals surface area contributed by atoms with Crippen LogP contribution < -0.4 is 5.32 Å². The summed E-state index contributed by atoms with van der Waals surface area (Å²) in [4.78, 5) is 22.5. The van der Waals surface area contributed by atoms with Crippen LogP contribution in [0.15, 0.2) is 0 Å². The van der Waals surface area contributed by atoms with Gasteiger partial charge in [0.1, 0.15) is 6.54 Å². The molecule has 4 fully saturated rings. The van der Waals surface area contributed by atoms with Gasteiger partial charge in [-0.3, -0.25) is 9.59 Å². The Bertz CT molecular complexity index is 666. The number of aliphatic hydroxyl groups excluding tert-OH is 1. The number of carbonyl (C=O) groups excluding carboxylic acids is 1. The quantitative estimate of drug-likeness (QED) is 0.596. The molecule has 170 valence electrons. The molecule has 4 aliphatic rings. The normalized spacial score (nSPS) is 45.2. The summed E-state index contributed by atoms with van der Waals surface area (Å²) in [7, 11) is 0. The lowest BCUT2D eigenvalue weighted by Gasteiger charge is -2.62. The van der Waals surface area contributed by atoms with E-state index in [0.29, 0.717) is 41.4 Å². The molecule has 0 aromatic carbocycles. The van der Waals surface area contributed by atoms with Gasteiger partial charge in [0.2, 0.25) is 5.91 Å². The van der Waals surface area contributed by atoms with E-state index in [1.807, 2.05) is 0 Å². The summed E-state index contributed by atoms with van der Waals surface area (Å²) in [5.41, 5.74) is 0.724. The first-order valence-electron chi connectivity index (χ1n) is 12.4. The van der Waals surface area contributed by atoms with Crippen LogP contribution in [0.4, 0.5) is 0 Å². The Morgan fingerprint density at radius 2 is 1.77 bits per heavy atom. The maximum Gasteiger partial charge on any atom is 0.322 e. The van der Waals surface area contributed by atoms with Gasteiger partial charge in [-0.1, -0.05) is 26.7 Å². The molecule has 4 unspecified atom stereocenters. The molecular weight excluding hydrogens is 378 g/mol. The number of carboxylic acid groups (broad SMARTS) is 1. The first-order valence-corrected chi connectivity index (χ1v) is 12.4. The fourth-order valence-corrected chi connectivity index (χ4v) is 8.61. The molecule has 0 aromatic heterocycles. The molecule has 0 heterocycles. The average Bonchev–Trinajstić information content (AvgIpc) is 3.03. The van der Waals surface area contributed by atoms with E-state index in [0.717, 1.165) is 19.3 Å². The third kappa shape index (κ3) is 3.80. The highest BCUT2D eigenvalue weighted by Gasteiger charge is 2.61. The van der Waals surface area contributed by atoms with Crippen LogP contribution in [0.5, 0.6) is 0 Å². The zero-order chi connectivity index (χ0) is 21.5. The molecule has 0 saturated heterocycles. The predicted octanol–water partition coefficient (Wildman–Crippen LogP) is 4.38. The zero-order valence-electron chi connectivity index (χ0n) is 18.9. The van der Waals surface area contributed by atoms with Crippen LogP contribution in [0.3, 0.4) is 0 Å². The highest BCUT2D eigenvalue weighted by molar-refractivity contribution is 5.80. The summed E-state index contributed by atoms with van der Waals surface area (Å²) in [6, 6.07) is 0. The van der Waals surface area contributed by atoms with E-state index in [-0.39, 0.29) is 24.0 Å². The lowest BCUT2D eigenvalue weighted by molar-refractivity contribution is -0.162. The Kier molecular flexibility index (Phi) is 6.22. The molecule has 0 bridgehead atoms. The number of fused-ring (bicyclic) bond motifs is 5. The van der Waals surface area contributed by atoms with Gasteiger partial charge in [0.05, 0.1) is 6.10 Å². The lowest BCUT2D eigenvalue weighted by atomic mass is 9.44. The van der Waals surface area contributed by atoms with Crippen molar-refractivity contribution in [3.8, 4) is 0 Å². The molecule has 8 atom stereocenters. The second-order valence-electron chi connectivity index (χ2n) is 11.4. The highest BCUT2D eigenvalue weighted by Crippen LogP contribution is 2.67. The Morgan fingerprint density at radius 1 is 1.00 bits per heavy atom. The number of aliphatic hydroxyl groups is 1. The van der Waals surface area contributed by atoms with Gasteiger partial charge in [-0.2, -0.15) is 0 Å². The van der Waals surface area contributed by atoms with Crippen LogP contribution in [0.2, 0.25) is 0 Å². The zero-order valence-corrected chi connectivity index (χ0v) is 18.9. The van der Waals surface area contributed by atoms with Gasteiger partial charge in [-0.15, -0.1) is 0 Å². The Labute approximate surface area is 181 Å². The number of hydrogen-bond acceptors (Lipinski definition) is 3. The molecule has 0 spiro atoms. The van der Waals surface area contributed by atoms with E-state index >= 15 is 0 Å². The molecule has 5 heteroatoms. The smallest absolute Gasteiger partial charge is 0.322 e. The molecule has 0 aromatic rings. The summed E-state index contributed by atoms with van der Waals surface area (Å²) in [6.07, 6.45) is 13.5. The lowest BCUT2D eigenvalue weighted by Crippen LogP contribution is -2.57. The van der Waals surface area contributed by atoms with Gasteiger partial charge in [-0.05, 0) is 98.2 Å². The largest absolute Gasteiger partial charge is 0.480 e. The van der Waals surface area contributed by atoms with E-state index in [1.165, 1.54) is 51.4 Å². The second-order valence-corrected chi connectivity index (χ2v) is 11.4. The van der Waals surface area contributed by atoms with Gasteiger partial charge >= 0.3 is 5.97 Å². The maximum atomic E-state index is 11.9. The second kappa shape index (κ2) is 8.44. The van der Waals surface area contributed by atoms with Crippen LogP contribution >= 0.6 is 0 Å². The number of nitrogens with one attached hydrogen (secondary N) is 1. The molecule has 4 rings (SSSR count). The summed E-state index contributed by atoms with van der Waals surface area (Å²) in [6.45, 7) is 4.73. The Hall–Kier alpha value is -1.10. The Morgan fingerprint density at radius 3 is 2.53 bits per heavy atom. The van der Waals surface area contributed by atoms with Crippen LogP contribution in [0.25, 0.3) is 0 Å². The van der Waals surface area contributed by atoms with E-state index in [2.05, 4.69) is 19.2 Å². The van der Waals surface area contributed by atoms with Crippen molar-refractivity contribution < 1.29 is 19.8 Å². The minimum atomic E-state index is -0.994. The number of carboxylic acids is 1. The molecule has 0 aliphatic heterocycles. The molecule has 3 N–H and O–H groups in total. The molecular formula is C25H41NO4. The van der Waals surface area contributed by atoms with Crippen molar-refractivity contribution in [3.63, 3.8) is 0 Å². The predicted molar refractivity (Wildman–Crippen MR) is 116 cm³/mol. The van der Waals surface area contributed by atoms with Crippen LogP contribution in [0, 0.1) is 40.4 Å². The van der Waals surface area contributed by atoms with Crippen molar-refractivity contribution >= 4 is 11.9 Å². The van der Waals surface area contributed by atoms with Gasteiger partial charge in [0.15, 0.2) is 0 Å². The van der Waals surface area contributed by atoms with Gasteiger partial charge < -0.3 is 15.5 Å². The molecule has 5 nitrogen and oxygen atoms in total. The number of amides is 1. The number of rotatable bonds is 6. The monoisotopic (exact) mass is 419 g/mol. The van der Waals surface area contributed by atoms with Crippen LogP contribution in [-0.4, -0.2) is 34.7 Å². The standard InChI is InChI=1S/C25H41NO4/c1-24-12-4-3-6-17(24)14-20(27)23-18-10-9-16(25(18,2)13-11-19(23)24)7-5-8-21(28)26-15-22(29)30/h16-20,23,27H,3-15H2,1-2H3,(H,26,28)(H,29,30)/t16-,17?,18?,19?,20-,23?,24-,25+/m0/s1. The van der Waals surface area contributed by atoms with Crippen molar-refractivity contribution in [2.45, 2.75) is 97.0 Å². The van der Waals surface area contributed by atoms with Crippen LogP contribution in [0.1, 0.15) is 90.9 Å². The third-order valence-electron chi connectivity index (χ3n) is 10.2. The first-order chi connectivity index (χ1) is 14.3. The summed E-state index contributed by atoms with van der Waals surface area (Å²) in [5.74, 6) is 1.97. The molecule has 0 radical (unpaired) electrons. The topological polar surface area (TPSA) is 86.6 Å². The van der Waals surface area contributed by atoms with Crippen molar-refractivity contribution in [1.82, 2.24) is 5.32 Å².